The van der Waals surface area contributed by atoms with Gasteiger partial charge in [-0.1, -0.05) is 24.3 Å². The van der Waals surface area contributed by atoms with E-state index in [4.69, 9.17) is 18.9 Å². The fourth-order valence-corrected chi connectivity index (χ4v) is 3.24. The second-order valence-electron chi connectivity index (χ2n) is 7.40. The summed E-state index contributed by atoms with van der Waals surface area (Å²) >= 11 is 0. The van der Waals surface area contributed by atoms with E-state index in [9.17, 15) is 14.9 Å². The van der Waals surface area contributed by atoms with E-state index < -0.39 is 4.92 Å². The van der Waals surface area contributed by atoms with Crippen LogP contribution in [0.4, 0.5) is 5.69 Å². The van der Waals surface area contributed by atoms with Crippen LogP contribution in [-0.2, 0) is 4.79 Å². The summed E-state index contributed by atoms with van der Waals surface area (Å²) in [5.41, 5.74) is 2.73. The van der Waals surface area contributed by atoms with E-state index in [1.165, 1.54) is 20.3 Å². The van der Waals surface area contributed by atoms with Gasteiger partial charge in [-0.15, -0.1) is 0 Å². The Morgan fingerprint density at radius 1 is 0.861 bits per heavy atom. The molecule has 0 heterocycles. The van der Waals surface area contributed by atoms with E-state index in [0.29, 0.717) is 39.8 Å². The lowest BCUT2D eigenvalue weighted by atomic mass is 10.0. The molecule has 0 aromatic heterocycles. The molecule has 0 spiro atoms. The number of amides is 1. The van der Waals surface area contributed by atoms with Crippen molar-refractivity contribution >= 4 is 29.8 Å². The zero-order valence-corrected chi connectivity index (χ0v) is 20.1. The van der Waals surface area contributed by atoms with Crippen molar-refractivity contribution in [2.75, 3.05) is 33.3 Å². The highest BCUT2D eigenvalue weighted by atomic mass is 16.6. The smallest absolute Gasteiger partial charge is 0.262 e. The molecule has 0 fully saturated rings. The number of benzene rings is 3. The first-order valence-corrected chi connectivity index (χ1v) is 10.8. The molecule has 3 aromatic carbocycles. The maximum Gasteiger partial charge on any atom is 0.262 e. The summed E-state index contributed by atoms with van der Waals surface area (Å²) in [6.45, 7) is -0.142. The third kappa shape index (κ3) is 7.36. The van der Waals surface area contributed by atoms with Crippen LogP contribution in [0.2, 0.25) is 0 Å². The SMILES string of the molecule is COc1ccc(NC(=O)COc2ccc(/C=C/c3cc(OC)cc(OC)c3/C=C/[N+](=O)[O-])cc2)cc1. The zero-order valence-electron chi connectivity index (χ0n) is 20.1. The van der Waals surface area contributed by atoms with E-state index in [2.05, 4.69) is 5.32 Å². The Labute approximate surface area is 208 Å². The Bertz CT molecular complexity index is 1250. The van der Waals surface area contributed by atoms with Crippen LogP contribution in [0.1, 0.15) is 16.7 Å². The highest BCUT2D eigenvalue weighted by Gasteiger charge is 2.10. The van der Waals surface area contributed by atoms with Gasteiger partial charge in [0, 0.05) is 23.4 Å². The number of carbonyl (C=O) groups excluding carboxylic acids is 1. The molecule has 1 amide bonds. The Morgan fingerprint density at radius 2 is 1.53 bits per heavy atom. The third-order valence-corrected chi connectivity index (χ3v) is 5.05. The summed E-state index contributed by atoms with van der Waals surface area (Å²) in [6, 6.07) is 17.6. The molecule has 0 unspecified atom stereocenters. The molecule has 0 atom stereocenters. The summed E-state index contributed by atoms with van der Waals surface area (Å²) in [5.74, 6) is 1.96. The van der Waals surface area contributed by atoms with Gasteiger partial charge in [-0.2, -0.15) is 0 Å². The van der Waals surface area contributed by atoms with Gasteiger partial charge < -0.3 is 24.3 Å². The molecule has 3 rings (SSSR count). The lowest BCUT2D eigenvalue weighted by Gasteiger charge is -2.11. The van der Waals surface area contributed by atoms with Gasteiger partial charge in [0.05, 0.1) is 26.3 Å². The maximum atomic E-state index is 12.2. The molecule has 0 radical (unpaired) electrons. The first-order chi connectivity index (χ1) is 17.4. The van der Waals surface area contributed by atoms with Gasteiger partial charge in [-0.25, -0.2) is 0 Å². The number of nitrogens with one attached hydrogen (secondary N) is 1. The number of methoxy groups -OCH3 is 3. The molecule has 0 aliphatic rings. The van der Waals surface area contributed by atoms with Crippen molar-refractivity contribution in [3.05, 3.63) is 93.7 Å². The van der Waals surface area contributed by atoms with Gasteiger partial charge in [0.15, 0.2) is 6.61 Å². The first kappa shape index (κ1) is 25.8. The molecular weight excluding hydrogens is 464 g/mol. The molecule has 36 heavy (non-hydrogen) atoms. The molecule has 0 aliphatic carbocycles. The van der Waals surface area contributed by atoms with Crippen LogP contribution < -0.4 is 24.3 Å². The standard InChI is InChI=1S/C27H26N2O7/c1-33-22-12-8-21(9-13-22)28-27(30)18-36-23-10-5-19(6-11-23)4-7-20-16-24(34-2)17-26(35-3)25(20)14-15-29(31)32/h4-17H,18H2,1-3H3,(H,28,30)/b7-4+,15-14+. The molecule has 0 aliphatic heterocycles. The highest BCUT2D eigenvalue weighted by Crippen LogP contribution is 2.31. The van der Waals surface area contributed by atoms with Crippen molar-refractivity contribution in [2.24, 2.45) is 0 Å². The van der Waals surface area contributed by atoms with E-state index >= 15 is 0 Å². The summed E-state index contributed by atoms with van der Waals surface area (Å²) in [5, 5.41) is 13.6. The summed E-state index contributed by atoms with van der Waals surface area (Å²) in [7, 11) is 4.60. The van der Waals surface area contributed by atoms with Gasteiger partial charge in [0.2, 0.25) is 6.20 Å². The van der Waals surface area contributed by atoms with E-state index in [1.54, 1.807) is 55.6 Å². The normalized spacial score (nSPS) is 10.9. The van der Waals surface area contributed by atoms with Crippen LogP contribution in [0.15, 0.2) is 66.9 Å². The van der Waals surface area contributed by atoms with Gasteiger partial charge in [0.25, 0.3) is 5.91 Å². The largest absolute Gasteiger partial charge is 0.497 e. The fourth-order valence-electron chi connectivity index (χ4n) is 3.24. The maximum absolute atomic E-state index is 12.2. The third-order valence-electron chi connectivity index (χ3n) is 5.05. The van der Waals surface area contributed by atoms with Crippen LogP contribution >= 0.6 is 0 Å². The predicted octanol–water partition coefficient (Wildman–Crippen LogP) is 5.15. The molecular formula is C27H26N2O7. The predicted molar refractivity (Wildman–Crippen MR) is 138 cm³/mol. The topological polar surface area (TPSA) is 109 Å². The highest BCUT2D eigenvalue weighted by molar-refractivity contribution is 5.91. The summed E-state index contributed by atoms with van der Waals surface area (Å²) < 4.78 is 21.4. The van der Waals surface area contributed by atoms with Crippen LogP contribution in [0.5, 0.6) is 23.0 Å². The fraction of sp³-hybridized carbons (Fsp3) is 0.148. The quantitative estimate of drug-likeness (QED) is 0.225. The van der Waals surface area contributed by atoms with Crippen LogP contribution in [0.3, 0.4) is 0 Å². The molecule has 9 nitrogen and oxygen atoms in total. The first-order valence-electron chi connectivity index (χ1n) is 10.8. The number of hydrogen-bond donors (Lipinski definition) is 1. The van der Waals surface area contributed by atoms with Crippen LogP contribution in [0, 0.1) is 10.1 Å². The second kappa shape index (κ2) is 12.6. The number of nitro groups is 1. The van der Waals surface area contributed by atoms with Crippen LogP contribution in [0.25, 0.3) is 18.2 Å². The van der Waals surface area contributed by atoms with Crippen molar-refractivity contribution in [1.82, 2.24) is 0 Å². The number of anilines is 1. The lowest BCUT2D eigenvalue weighted by molar-refractivity contribution is -0.400. The lowest BCUT2D eigenvalue weighted by Crippen LogP contribution is -2.20. The van der Waals surface area contributed by atoms with Crippen molar-refractivity contribution < 1.29 is 28.7 Å². The summed E-state index contributed by atoms with van der Waals surface area (Å²) in [4.78, 5) is 22.4. The van der Waals surface area contributed by atoms with Gasteiger partial charge >= 0.3 is 0 Å². The Morgan fingerprint density at radius 3 is 2.14 bits per heavy atom. The van der Waals surface area contributed by atoms with E-state index in [1.807, 2.05) is 24.3 Å². The van der Waals surface area contributed by atoms with Crippen molar-refractivity contribution in [2.45, 2.75) is 0 Å². The number of nitrogens with zero attached hydrogens (tertiary/aromatic N) is 1. The molecule has 1 N–H and O–H groups in total. The van der Waals surface area contributed by atoms with E-state index in [-0.39, 0.29) is 12.5 Å². The molecule has 186 valence electrons. The molecule has 3 aromatic rings. The molecule has 0 bridgehead atoms. The average Bonchev–Trinajstić information content (AvgIpc) is 2.90. The molecule has 9 heteroatoms. The van der Waals surface area contributed by atoms with Crippen molar-refractivity contribution in [3.8, 4) is 23.0 Å². The Balaban J connectivity index is 1.66. The number of rotatable bonds is 11. The number of hydrogen-bond acceptors (Lipinski definition) is 7. The minimum Gasteiger partial charge on any atom is -0.497 e. The number of carbonyl (C=O) groups is 1. The monoisotopic (exact) mass is 490 g/mol. The summed E-state index contributed by atoms with van der Waals surface area (Å²) in [6.07, 6.45) is 5.89. The van der Waals surface area contributed by atoms with E-state index in [0.717, 1.165) is 11.8 Å². The average molecular weight is 491 g/mol. The molecule has 0 saturated heterocycles. The zero-order chi connectivity index (χ0) is 25.9. The Kier molecular flexibility index (Phi) is 9.05. The van der Waals surface area contributed by atoms with Gasteiger partial charge in [0.1, 0.15) is 23.0 Å². The minimum atomic E-state index is -0.535. The minimum absolute atomic E-state index is 0.142. The van der Waals surface area contributed by atoms with Gasteiger partial charge in [-0.3, -0.25) is 14.9 Å². The molecule has 0 saturated carbocycles. The number of ether oxygens (including phenoxy) is 4. The van der Waals surface area contributed by atoms with Crippen molar-refractivity contribution in [3.63, 3.8) is 0 Å². The second-order valence-corrected chi connectivity index (χ2v) is 7.40. The van der Waals surface area contributed by atoms with Crippen LogP contribution in [-0.4, -0.2) is 38.8 Å². The van der Waals surface area contributed by atoms with Gasteiger partial charge in [-0.05, 0) is 53.6 Å². The Hall–Kier alpha value is -4.79. The van der Waals surface area contributed by atoms with Crippen molar-refractivity contribution in [1.29, 1.82) is 0 Å².